The monoisotopic (exact) mass is 453 g/mol. The highest BCUT2D eigenvalue weighted by molar-refractivity contribution is 5.75. The van der Waals surface area contributed by atoms with Gasteiger partial charge in [-0.05, 0) is 56.2 Å². The fraction of sp³-hybridized carbons (Fsp3) is 0.417. The van der Waals surface area contributed by atoms with Crippen LogP contribution < -0.4 is 10.2 Å². The highest BCUT2D eigenvalue weighted by Crippen LogP contribution is 2.19. The minimum Gasteiger partial charge on any atom is -0.372 e. The van der Waals surface area contributed by atoms with Gasteiger partial charge in [0.15, 0.2) is 0 Å². The summed E-state index contributed by atoms with van der Waals surface area (Å²) in [5, 5.41) is 6.83. The van der Waals surface area contributed by atoms with Gasteiger partial charge in [0.2, 0.25) is 17.6 Å². The Kier molecular flexibility index (Phi) is 7.29. The second-order valence-electron chi connectivity index (χ2n) is 8.34. The third kappa shape index (κ3) is 6.35. The van der Waals surface area contributed by atoms with Crippen LogP contribution in [0.4, 0.5) is 10.2 Å². The number of hydrogen-bond acceptors (Lipinski definition) is 7. The predicted molar refractivity (Wildman–Crippen MR) is 121 cm³/mol. The van der Waals surface area contributed by atoms with Crippen LogP contribution in [0.25, 0.3) is 11.4 Å². The van der Waals surface area contributed by atoms with Crippen molar-refractivity contribution in [3.8, 4) is 11.4 Å². The number of nitrogens with zero attached hydrogens (tertiary/aromatic N) is 4. The van der Waals surface area contributed by atoms with Crippen molar-refractivity contribution in [1.29, 1.82) is 0 Å². The normalized spacial score (nSPS) is 18.3. The number of nitrogens with one attached hydrogen (secondary N) is 1. The Morgan fingerprint density at radius 2 is 1.91 bits per heavy atom. The molecule has 1 aliphatic heterocycles. The summed E-state index contributed by atoms with van der Waals surface area (Å²) in [4.78, 5) is 23.3. The first-order valence-corrected chi connectivity index (χ1v) is 11.2. The highest BCUT2D eigenvalue weighted by atomic mass is 19.1. The summed E-state index contributed by atoms with van der Waals surface area (Å²) in [7, 11) is 0. The lowest BCUT2D eigenvalue weighted by Crippen LogP contribution is -2.45. The Hall–Kier alpha value is -3.33. The molecule has 1 amide bonds. The average molecular weight is 454 g/mol. The smallest absolute Gasteiger partial charge is 0.226 e. The summed E-state index contributed by atoms with van der Waals surface area (Å²) in [6.07, 6.45) is 3.59. The van der Waals surface area contributed by atoms with Crippen molar-refractivity contribution < 1.29 is 18.4 Å². The van der Waals surface area contributed by atoms with E-state index in [1.807, 2.05) is 12.1 Å². The first-order valence-electron chi connectivity index (χ1n) is 11.2. The van der Waals surface area contributed by atoms with E-state index in [0.29, 0.717) is 43.1 Å². The molecule has 3 aromatic rings. The number of ether oxygens (including phenoxy) is 1. The van der Waals surface area contributed by atoms with E-state index in [1.54, 1.807) is 18.3 Å². The van der Waals surface area contributed by atoms with E-state index in [4.69, 9.17) is 9.26 Å². The van der Waals surface area contributed by atoms with Crippen LogP contribution in [0.5, 0.6) is 0 Å². The molecule has 4 rings (SSSR count). The van der Waals surface area contributed by atoms with E-state index >= 15 is 0 Å². The maximum atomic E-state index is 13.0. The first-order chi connectivity index (χ1) is 16.0. The van der Waals surface area contributed by atoms with Gasteiger partial charge in [-0.3, -0.25) is 4.79 Å². The van der Waals surface area contributed by atoms with Gasteiger partial charge in [0.1, 0.15) is 11.6 Å². The average Bonchev–Trinajstić information content (AvgIpc) is 3.27. The molecule has 1 aliphatic rings. The lowest BCUT2D eigenvalue weighted by molar-refractivity contribution is -0.121. The minimum absolute atomic E-state index is 0.0480. The van der Waals surface area contributed by atoms with Crippen LogP contribution in [0.1, 0.15) is 38.1 Å². The number of carbonyl (C=O) groups is 1. The Bertz CT molecular complexity index is 1040. The van der Waals surface area contributed by atoms with Crippen LogP contribution in [0.3, 0.4) is 0 Å². The van der Waals surface area contributed by atoms with Crippen molar-refractivity contribution in [2.75, 3.05) is 18.0 Å². The molecule has 0 spiro atoms. The summed E-state index contributed by atoms with van der Waals surface area (Å²) >= 11 is 0. The first kappa shape index (κ1) is 22.8. The van der Waals surface area contributed by atoms with Crippen molar-refractivity contribution in [3.05, 3.63) is 59.9 Å². The zero-order valence-electron chi connectivity index (χ0n) is 18.8. The topological polar surface area (TPSA) is 93.4 Å². The predicted octanol–water partition coefficient (Wildman–Crippen LogP) is 3.52. The van der Waals surface area contributed by atoms with E-state index < -0.39 is 0 Å². The Morgan fingerprint density at radius 1 is 1.15 bits per heavy atom. The van der Waals surface area contributed by atoms with Gasteiger partial charge in [0, 0.05) is 44.2 Å². The van der Waals surface area contributed by atoms with Crippen molar-refractivity contribution in [1.82, 2.24) is 20.4 Å². The highest BCUT2D eigenvalue weighted by Gasteiger charge is 2.23. The van der Waals surface area contributed by atoms with E-state index in [1.165, 1.54) is 12.1 Å². The summed E-state index contributed by atoms with van der Waals surface area (Å²) in [6, 6.07) is 9.87. The lowest BCUT2D eigenvalue weighted by atomic mass is 10.2. The molecule has 33 heavy (non-hydrogen) atoms. The molecule has 0 radical (unpaired) electrons. The number of halogens is 1. The van der Waals surface area contributed by atoms with Gasteiger partial charge in [0.25, 0.3) is 0 Å². The van der Waals surface area contributed by atoms with Gasteiger partial charge in [-0.1, -0.05) is 11.2 Å². The Balaban J connectivity index is 1.19. The quantitative estimate of drug-likeness (QED) is 0.558. The number of rotatable bonds is 8. The van der Waals surface area contributed by atoms with Crippen molar-refractivity contribution in [2.24, 2.45) is 0 Å². The molecule has 1 aromatic carbocycles. The zero-order chi connectivity index (χ0) is 23.2. The molecule has 174 valence electrons. The molecular formula is C24H28FN5O3. The van der Waals surface area contributed by atoms with Crippen LogP contribution >= 0.6 is 0 Å². The Labute approximate surface area is 192 Å². The van der Waals surface area contributed by atoms with Crippen LogP contribution in [0.15, 0.2) is 47.1 Å². The molecule has 0 bridgehead atoms. The number of morpholine rings is 1. The molecule has 1 fully saturated rings. The zero-order valence-corrected chi connectivity index (χ0v) is 18.8. The molecule has 1 N–H and O–H groups in total. The number of amides is 1. The standard InChI is InChI=1S/C24H28FN5O3/c1-16-14-30(15-17(2)32-16)21-11-6-18(12-26-21)13-27-22(31)4-3-5-23-28-24(29-33-23)19-7-9-20(25)10-8-19/h6-12,16-17H,3-5,13-15H2,1-2H3,(H,27,31). The lowest BCUT2D eigenvalue weighted by Gasteiger charge is -2.36. The van der Waals surface area contributed by atoms with Crippen molar-refractivity contribution in [2.45, 2.75) is 51.9 Å². The van der Waals surface area contributed by atoms with E-state index in [-0.39, 0.29) is 23.9 Å². The van der Waals surface area contributed by atoms with Crippen molar-refractivity contribution >= 4 is 11.7 Å². The van der Waals surface area contributed by atoms with E-state index in [0.717, 1.165) is 24.5 Å². The molecule has 0 saturated carbocycles. The number of benzene rings is 1. The van der Waals surface area contributed by atoms with Crippen molar-refractivity contribution in [3.63, 3.8) is 0 Å². The number of pyridine rings is 1. The second-order valence-corrected chi connectivity index (χ2v) is 8.34. The fourth-order valence-electron chi connectivity index (χ4n) is 3.84. The van der Waals surface area contributed by atoms with Gasteiger partial charge in [0.05, 0.1) is 12.2 Å². The minimum atomic E-state index is -0.318. The van der Waals surface area contributed by atoms with E-state index in [2.05, 4.69) is 39.2 Å². The van der Waals surface area contributed by atoms with Crippen LogP contribution in [-0.2, 0) is 22.5 Å². The maximum Gasteiger partial charge on any atom is 0.226 e. The summed E-state index contributed by atoms with van der Waals surface area (Å²) in [5.41, 5.74) is 1.63. The molecular weight excluding hydrogens is 425 g/mol. The molecule has 9 heteroatoms. The van der Waals surface area contributed by atoms with Gasteiger partial charge >= 0.3 is 0 Å². The van der Waals surface area contributed by atoms with Crippen LogP contribution in [0.2, 0.25) is 0 Å². The summed E-state index contributed by atoms with van der Waals surface area (Å²) in [6.45, 7) is 6.19. The Morgan fingerprint density at radius 3 is 2.61 bits per heavy atom. The molecule has 1 saturated heterocycles. The van der Waals surface area contributed by atoms with E-state index in [9.17, 15) is 9.18 Å². The molecule has 2 aromatic heterocycles. The largest absolute Gasteiger partial charge is 0.372 e. The van der Waals surface area contributed by atoms with Crippen LogP contribution in [0, 0.1) is 5.82 Å². The van der Waals surface area contributed by atoms with Gasteiger partial charge in [-0.25, -0.2) is 9.37 Å². The molecule has 2 atom stereocenters. The molecule has 8 nitrogen and oxygen atoms in total. The number of hydrogen-bond donors (Lipinski definition) is 1. The number of carbonyl (C=O) groups excluding carboxylic acids is 1. The van der Waals surface area contributed by atoms with Gasteiger partial charge in [-0.15, -0.1) is 0 Å². The third-order valence-corrected chi connectivity index (χ3v) is 5.41. The molecule has 3 heterocycles. The third-order valence-electron chi connectivity index (χ3n) is 5.41. The molecule has 0 aliphatic carbocycles. The summed E-state index contributed by atoms with van der Waals surface area (Å²) < 4.78 is 24.0. The summed E-state index contributed by atoms with van der Waals surface area (Å²) in [5.74, 6) is 1.42. The van der Waals surface area contributed by atoms with Gasteiger partial charge in [-0.2, -0.15) is 4.98 Å². The van der Waals surface area contributed by atoms with Crippen LogP contribution in [-0.4, -0.2) is 46.3 Å². The fourth-order valence-corrected chi connectivity index (χ4v) is 3.84. The van der Waals surface area contributed by atoms with Gasteiger partial charge < -0.3 is 19.5 Å². The SMILES string of the molecule is CC1CN(c2ccc(CNC(=O)CCCc3nc(-c4ccc(F)cc4)no3)cn2)CC(C)O1. The second kappa shape index (κ2) is 10.5. The number of aromatic nitrogens is 3. The molecule has 2 unspecified atom stereocenters. The number of aryl methyl sites for hydroxylation is 1. The maximum absolute atomic E-state index is 13.0. The number of anilines is 1.